The Morgan fingerprint density at radius 2 is 2.08 bits per heavy atom. The number of anilines is 1. The first-order valence-electron chi connectivity index (χ1n) is 8.29. The molecule has 3 fully saturated rings. The molecule has 7 nitrogen and oxygen atoms in total. The summed E-state index contributed by atoms with van der Waals surface area (Å²) < 4.78 is 5.55. The minimum atomic E-state index is -0.206. The lowest BCUT2D eigenvalue weighted by atomic mass is 9.84. The van der Waals surface area contributed by atoms with Crippen LogP contribution >= 0.6 is 0 Å². The lowest BCUT2D eigenvalue weighted by molar-refractivity contribution is -0.114. The van der Waals surface area contributed by atoms with Gasteiger partial charge < -0.3 is 14.6 Å². The van der Waals surface area contributed by atoms with E-state index in [4.69, 9.17) is 4.42 Å². The fraction of sp³-hybridized carbons (Fsp3) is 0.471. The lowest BCUT2D eigenvalue weighted by Gasteiger charge is -2.44. The Balaban J connectivity index is 1.50. The van der Waals surface area contributed by atoms with Gasteiger partial charge >= 0.3 is 0 Å². The van der Waals surface area contributed by atoms with Gasteiger partial charge in [0.2, 0.25) is 11.8 Å². The lowest BCUT2D eigenvalue weighted by Crippen LogP contribution is -2.57. The number of fused-ring (bicyclic) bond motifs is 4. The quantitative estimate of drug-likeness (QED) is 0.894. The van der Waals surface area contributed by atoms with E-state index in [2.05, 4.69) is 20.5 Å². The van der Waals surface area contributed by atoms with E-state index >= 15 is 0 Å². The number of nitrogens with zero attached hydrogens (tertiary/aromatic N) is 2. The van der Waals surface area contributed by atoms with Gasteiger partial charge in [0.1, 0.15) is 11.3 Å². The maximum Gasteiger partial charge on any atom is 0.270 e. The Labute approximate surface area is 139 Å². The Hall–Kier alpha value is -2.41. The van der Waals surface area contributed by atoms with Crippen molar-refractivity contribution in [1.29, 1.82) is 0 Å². The van der Waals surface area contributed by atoms with E-state index in [0.29, 0.717) is 23.1 Å². The molecule has 2 aromatic heterocycles. The third-order valence-electron chi connectivity index (χ3n) is 4.91. The third kappa shape index (κ3) is 2.87. The summed E-state index contributed by atoms with van der Waals surface area (Å²) in [5.74, 6) is 0.544. The van der Waals surface area contributed by atoms with Crippen LogP contribution < -0.4 is 10.6 Å². The maximum absolute atomic E-state index is 12.5. The second kappa shape index (κ2) is 5.90. The summed E-state index contributed by atoms with van der Waals surface area (Å²) in [7, 11) is 0. The van der Waals surface area contributed by atoms with Crippen molar-refractivity contribution in [3.8, 4) is 0 Å². The summed E-state index contributed by atoms with van der Waals surface area (Å²) >= 11 is 0. The van der Waals surface area contributed by atoms with E-state index in [0.717, 1.165) is 37.9 Å². The highest BCUT2D eigenvalue weighted by atomic mass is 16.4. The molecule has 0 spiro atoms. The second-order valence-corrected chi connectivity index (χ2v) is 6.62. The van der Waals surface area contributed by atoms with Gasteiger partial charge in [-0.05, 0) is 31.8 Å². The molecule has 24 heavy (non-hydrogen) atoms. The molecule has 5 rings (SSSR count). The van der Waals surface area contributed by atoms with Gasteiger partial charge in [0.25, 0.3) is 5.91 Å². The van der Waals surface area contributed by atoms with Gasteiger partial charge in [-0.15, -0.1) is 0 Å². The highest BCUT2D eigenvalue weighted by Crippen LogP contribution is 2.28. The summed E-state index contributed by atoms with van der Waals surface area (Å²) in [6.45, 7) is 4.61. The van der Waals surface area contributed by atoms with Crippen molar-refractivity contribution in [3.63, 3.8) is 0 Å². The van der Waals surface area contributed by atoms with E-state index in [1.54, 1.807) is 18.3 Å². The molecule has 5 heterocycles. The summed E-state index contributed by atoms with van der Waals surface area (Å²) in [5.41, 5.74) is 0.871. The number of rotatable bonds is 3. The average Bonchev–Trinajstić information content (AvgIpc) is 2.96. The third-order valence-corrected chi connectivity index (χ3v) is 4.91. The van der Waals surface area contributed by atoms with Crippen LogP contribution in [0.4, 0.5) is 5.88 Å². The number of amides is 2. The number of furan rings is 1. The van der Waals surface area contributed by atoms with Gasteiger partial charge in [-0.3, -0.25) is 19.9 Å². The largest absolute Gasteiger partial charge is 0.440 e. The number of carbonyl (C=O) groups is 2. The molecule has 0 aliphatic carbocycles. The number of piperidine rings is 3. The molecular weight excluding hydrogens is 308 g/mol. The molecular formula is C17H20N4O3. The van der Waals surface area contributed by atoms with Gasteiger partial charge in [0.15, 0.2) is 0 Å². The van der Waals surface area contributed by atoms with E-state index < -0.39 is 0 Å². The fourth-order valence-electron chi connectivity index (χ4n) is 3.66. The zero-order chi connectivity index (χ0) is 16.7. The highest BCUT2D eigenvalue weighted by molar-refractivity contribution is 5.96. The molecule has 2 bridgehead atoms. The molecule has 2 amide bonds. The van der Waals surface area contributed by atoms with Crippen LogP contribution in [-0.4, -0.2) is 47.4 Å². The predicted molar refractivity (Wildman–Crippen MR) is 88.7 cm³/mol. The number of hydrogen-bond donors (Lipinski definition) is 2. The van der Waals surface area contributed by atoms with Crippen molar-refractivity contribution in [3.05, 3.63) is 24.0 Å². The molecule has 2 N–H and O–H groups in total. The van der Waals surface area contributed by atoms with Crippen LogP contribution in [-0.2, 0) is 4.79 Å². The molecule has 126 valence electrons. The van der Waals surface area contributed by atoms with Gasteiger partial charge in [-0.2, -0.15) is 0 Å². The van der Waals surface area contributed by atoms with E-state index in [9.17, 15) is 9.59 Å². The minimum Gasteiger partial charge on any atom is -0.440 e. The predicted octanol–water partition coefficient (Wildman–Crippen LogP) is 1.61. The van der Waals surface area contributed by atoms with Crippen LogP contribution in [0.2, 0.25) is 0 Å². The first kappa shape index (κ1) is 15.1. The average molecular weight is 328 g/mol. The number of pyridine rings is 1. The molecule has 1 atom stereocenters. The highest BCUT2D eigenvalue weighted by Gasteiger charge is 2.35. The van der Waals surface area contributed by atoms with Crippen molar-refractivity contribution in [2.75, 3.05) is 25.0 Å². The Kier molecular flexibility index (Phi) is 3.72. The molecule has 3 aliphatic rings. The van der Waals surface area contributed by atoms with Gasteiger partial charge in [0, 0.05) is 43.2 Å². The maximum atomic E-state index is 12.5. The van der Waals surface area contributed by atoms with Crippen LogP contribution in [0.3, 0.4) is 0 Å². The summed E-state index contributed by atoms with van der Waals surface area (Å²) in [6.07, 6.45) is 3.89. The van der Waals surface area contributed by atoms with E-state index in [1.165, 1.54) is 6.92 Å². The zero-order valence-corrected chi connectivity index (χ0v) is 13.5. The SMILES string of the molecule is CC(=O)Nc1cc2cnc(C(=O)NC3CN4CCC3CC4)cc2o1. The van der Waals surface area contributed by atoms with Gasteiger partial charge in [-0.25, -0.2) is 0 Å². The Bertz CT molecular complexity index is 792. The van der Waals surface area contributed by atoms with Crippen LogP contribution in [0.15, 0.2) is 22.7 Å². The van der Waals surface area contributed by atoms with E-state index in [-0.39, 0.29) is 17.9 Å². The zero-order valence-electron chi connectivity index (χ0n) is 13.5. The summed E-state index contributed by atoms with van der Waals surface area (Å²) in [5, 5.41) is 6.45. The standard InChI is InChI=1S/C17H20N4O3/c1-10(22)19-16-6-12-8-18-13(7-15(12)24-16)17(23)20-14-9-21-4-2-11(14)3-5-21/h6-8,11,14H,2-5,9H2,1H3,(H,19,22)(H,20,23). The van der Waals surface area contributed by atoms with Crippen molar-refractivity contribution in [2.24, 2.45) is 5.92 Å². The molecule has 7 heteroatoms. The normalized spacial score (nSPS) is 25.6. The van der Waals surface area contributed by atoms with Crippen LogP contribution in [0.5, 0.6) is 0 Å². The van der Waals surface area contributed by atoms with E-state index in [1.807, 2.05) is 0 Å². The van der Waals surface area contributed by atoms with Gasteiger partial charge in [0.05, 0.1) is 0 Å². The molecule has 3 saturated heterocycles. The molecule has 0 aromatic carbocycles. The monoisotopic (exact) mass is 328 g/mol. The Morgan fingerprint density at radius 3 is 2.75 bits per heavy atom. The topological polar surface area (TPSA) is 87.5 Å². The number of aromatic nitrogens is 1. The summed E-state index contributed by atoms with van der Waals surface area (Å²) in [4.78, 5) is 30.2. The number of nitrogens with one attached hydrogen (secondary N) is 2. The fourth-order valence-corrected chi connectivity index (χ4v) is 3.66. The van der Waals surface area contributed by atoms with Crippen molar-refractivity contribution < 1.29 is 14.0 Å². The second-order valence-electron chi connectivity index (χ2n) is 6.62. The number of carbonyl (C=O) groups excluding carboxylic acids is 2. The smallest absolute Gasteiger partial charge is 0.270 e. The van der Waals surface area contributed by atoms with Gasteiger partial charge in [-0.1, -0.05) is 0 Å². The minimum absolute atomic E-state index is 0.173. The molecule has 0 saturated carbocycles. The Morgan fingerprint density at radius 1 is 1.29 bits per heavy atom. The molecule has 0 radical (unpaired) electrons. The number of hydrogen-bond acceptors (Lipinski definition) is 5. The molecule has 1 unspecified atom stereocenters. The van der Waals surface area contributed by atoms with Crippen LogP contribution in [0.25, 0.3) is 11.0 Å². The van der Waals surface area contributed by atoms with Crippen molar-refractivity contribution in [1.82, 2.24) is 15.2 Å². The van der Waals surface area contributed by atoms with Crippen LogP contribution in [0, 0.1) is 5.92 Å². The first-order valence-corrected chi connectivity index (χ1v) is 8.29. The van der Waals surface area contributed by atoms with Crippen molar-refractivity contribution in [2.45, 2.75) is 25.8 Å². The molecule has 3 aliphatic heterocycles. The van der Waals surface area contributed by atoms with Crippen molar-refractivity contribution >= 4 is 28.7 Å². The van der Waals surface area contributed by atoms with Crippen LogP contribution in [0.1, 0.15) is 30.3 Å². The first-order chi connectivity index (χ1) is 11.6. The summed E-state index contributed by atoms with van der Waals surface area (Å²) in [6, 6.07) is 3.51. The molecule has 2 aromatic rings.